The van der Waals surface area contributed by atoms with Crippen molar-refractivity contribution in [3.63, 3.8) is 0 Å². The van der Waals surface area contributed by atoms with E-state index in [0.29, 0.717) is 23.2 Å². The molecule has 0 saturated carbocycles. The summed E-state index contributed by atoms with van der Waals surface area (Å²) >= 11 is 0. The van der Waals surface area contributed by atoms with E-state index in [1.807, 2.05) is 18.2 Å². The molecule has 7 heteroatoms. The fraction of sp³-hybridized carbons (Fsp3) is 0.222. The Balaban J connectivity index is 1.83. The third kappa shape index (κ3) is 4.00. The second-order valence-corrected chi connectivity index (χ2v) is 5.60. The van der Waals surface area contributed by atoms with Gasteiger partial charge in [0.15, 0.2) is 5.82 Å². The fourth-order valence-corrected chi connectivity index (χ4v) is 2.44. The number of nitrogens with zero attached hydrogens (tertiary/aromatic N) is 3. The van der Waals surface area contributed by atoms with Gasteiger partial charge in [-0.15, -0.1) is 0 Å². The minimum absolute atomic E-state index is 0.254. The van der Waals surface area contributed by atoms with Crippen molar-refractivity contribution in [2.24, 2.45) is 0 Å². The molecule has 0 atom stereocenters. The smallest absolute Gasteiger partial charge is 0.275 e. The second kappa shape index (κ2) is 7.12. The van der Waals surface area contributed by atoms with Crippen molar-refractivity contribution in [2.75, 3.05) is 10.6 Å². The Morgan fingerprint density at radius 1 is 1.12 bits per heavy atom. The minimum Gasteiger partial charge on any atom is -0.360 e. The van der Waals surface area contributed by atoms with Gasteiger partial charge in [-0.2, -0.15) is 0 Å². The van der Waals surface area contributed by atoms with Crippen LogP contribution in [0.1, 0.15) is 34.6 Å². The van der Waals surface area contributed by atoms with Gasteiger partial charge in [0.2, 0.25) is 0 Å². The van der Waals surface area contributed by atoms with E-state index < -0.39 is 0 Å². The van der Waals surface area contributed by atoms with Crippen molar-refractivity contribution in [3.8, 4) is 0 Å². The van der Waals surface area contributed by atoms with Crippen LogP contribution in [0.15, 0.2) is 40.9 Å². The molecule has 0 fully saturated rings. The summed E-state index contributed by atoms with van der Waals surface area (Å²) in [5.74, 6) is 1.67. The quantitative estimate of drug-likeness (QED) is 0.738. The molecule has 0 aliphatic rings. The number of para-hydroxylation sites is 1. The Morgan fingerprint density at radius 2 is 1.92 bits per heavy atom. The average Bonchev–Trinajstić information content (AvgIpc) is 2.99. The molecule has 0 saturated heterocycles. The lowest BCUT2D eigenvalue weighted by molar-refractivity contribution is 0.102. The largest absolute Gasteiger partial charge is 0.360 e. The molecule has 0 unspecified atom stereocenters. The molecule has 25 heavy (non-hydrogen) atoms. The van der Waals surface area contributed by atoms with E-state index in [-0.39, 0.29) is 11.6 Å². The van der Waals surface area contributed by atoms with Crippen molar-refractivity contribution in [1.82, 2.24) is 15.1 Å². The standard InChI is InChI=1S/C18H19N5O2/c1-4-13-7-5-6-8-14(13)21-16-10-15(19-12(3)20-16)18(24)22-17-9-11(2)25-23-17/h5-10H,4H2,1-3H3,(H,19,20,21)(H,22,23,24). The maximum absolute atomic E-state index is 12.4. The van der Waals surface area contributed by atoms with Crippen LogP contribution >= 0.6 is 0 Å². The highest BCUT2D eigenvalue weighted by atomic mass is 16.5. The van der Waals surface area contributed by atoms with Gasteiger partial charge in [0.25, 0.3) is 5.91 Å². The molecule has 0 aliphatic carbocycles. The van der Waals surface area contributed by atoms with Crippen molar-refractivity contribution in [1.29, 1.82) is 0 Å². The van der Waals surface area contributed by atoms with Crippen LogP contribution in [0.3, 0.4) is 0 Å². The lowest BCUT2D eigenvalue weighted by Gasteiger charge is -2.11. The van der Waals surface area contributed by atoms with Gasteiger partial charge in [0, 0.05) is 17.8 Å². The summed E-state index contributed by atoms with van der Waals surface area (Å²) < 4.78 is 4.94. The number of aryl methyl sites for hydroxylation is 3. The Kier molecular flexibility index (Phi) is 4.74. The number of hydrogen-bond donors (Lipinski definition) is 2. The van der Waals surface area contributed by atoms with Crippen LogP contribution in [-0.2, 0) is 6.42 Å². The zero-order valence-electron chi connectivity index (χ0n) is 14.3. The third-order valence-electron chi connectivity index (χ3n) is 3.60. The van der Waals surface area contributed by atoms with Gasteiger partial charge < -0.3 is 15.2 Å². The number of benzene rings is 1. The van der Waals surface area contributed by atoms with Crippen molar-refractivity contribution in [2.45, 2.75) is 27.2 Å². The molecule has 3 rings (SSSR count). The van der Waals surface area contributed by atoms with E-state index in [4.69, 9.17) is 4.52 Å². The average molecular weight is 337 g/mol. The topological polar surface area (TPSA) is 92.9 Å². The minimum atomic E-state index is -0.370. The first-order valence-electron chi connectivity index (χ1n) is 8.00. The van der Waals surface area contributed by atoms with E-state index in [1.165, 1.54) is 5.56 Å². The van der Waals surface area contributed by atoms with Gasteiger partial charge in [-0.3, -0.25) is 4.79 Å². The van der Waals surface area contributed by atoms with Gasteiger partial charge in [-0.25, -0.2) is 9.97 Å². The summed E-state index contributed by atoms with van der Waals surface area (Å²) in [4.78, 5) is 21.0. The summed E-state index contributed by atoms with van der Waals surface area (Å²) in [6.07, 6.45) is 0.895. The van der Waals surface area contributed by atoms with Gasteiger partial charge in [-0.1, -0.05) is 30.3 Å². The molecule has 2 aromatic heterocycles. The van der Waals surface area contributed by atoms with Crippen LogP contribution < -0.4 is 10.6 Å². The van der Waals surface area contributed by atoms with Crippen LogP contribution in [0.25, 0.3) is 0 Å². The predicted molar refractivity (Wildman–Crippen MR) is 95.1 cm³/mol. The van der Waals surface area contributed by atoms with E-state index in [9.17, 15) is 4.79 Å². The Hall–Kier alpha value is -3.22. The lowest BCUT2D eigenvalue weighted by atomic mass is 10.1. The molecule has 128 valence electrons. The highest BCUT2D eigenvalue weighted by Gasteiger charge is 2.13. The van der Waals surface area contributed by atoms with Crippen molar-refractivity contribution >= 4 is 23.2 Å². The molecule has 1 aromatic carbocycles. The first-order chi connectivity index (χ1) is 12.0. The monoisotopic (exact) mass is 337 g/mol. The molecular formula is C18H19N5O2. The fourth-order valence-electron chi connectivity index (χ4n) is 2.44. The molecule has 2 heterocycles. The highest BCUT2D eigenvalue weighted by molar-refractivity contribution is 6.02. The van der Waals surface area contributed by atoms with Gasteiger partial charge in [-0.05, 0) is 31.9 Å². The predicted octanol–water partition coefficient (Wildman–Crippen LogP) is 3.64. The third-order valence-corrected chi connectivity index (χ3v) is 3.60. The molecular weight excluding hydrogens is 318 g/mol. The molecule has 0 aliphatic heterocycles. The van der Waals surface area contributed by atoms with Gasteiger partial charge in [0.05, 0.1) is 0 Å². The van der Waals surface area contributed by atoms with Gasteiger partial charge >= 0.3 is 0 Å². The molecule has 0 radical (unpaired) electrons. The molecule has 0 bridgehead atoms. The molecule has 0 spiro atoms. The number of rotatable bonds is 5. The normalized spacial score (nSPS) is 10.5. The van der Waals surface area contributed by atoms with E-state index in [1.54, 1.807) is 26.0 Å². The van der Waals surface area contributed by atoms with E-state index >= 15 is 0 Å². The zero-order valence-corrected chi connectivity index (χ0v) is 14.3. The van der Waals surface area contributed by atoms with Crippen molar-refractivity contribution < 1.29 is 9.32 Å². The molecule has 7 nitrogen and oxygen atoms in total. The Bertz CT molecular complexity index is 904. The maximum Gasteiger partial charge on any atom is 0.275 e. The number of hydrogen-bond acceptors (Lipinski definition) is 6. The number of carbonyl (C=O) groups is 1. The van der Waals surface area contributed by atoms with Crippen molar-refractivity contribution in [3.05, 3.63) is 59.2 Å². The van der Waals surface area contributed by atoms with Crippen LogP contribution in [0.5, 0.6) is 0 Å². The Labute approximate surface area is 145 Å². The number of anilines is 3. The zero-order chi connectivity index (χ0) is 17.8. The summed E-state index contributed by atoms with van der Waals surface area (Å²) in [6.45, 7) is 5.59. The Morgan fingerprint density at radius 3 is 2.64 bits per heavy atom. The van der Waals surface area contributed by atoms with Crippen LogP contribution in [-0.4, -0.2) is 21.0 Å². The number of carbonyl (C=O) groups excluding carboxylic acids is 1. The first kappa shape index (κ1) is 16.6. The summed E-state index contributed by atoms with van der Waals surface area (Å²) in [7, 11) is 0. The summed E-state index contributed by atoms with van der Waals surface area (Å²) in [5.41, 5.74) is 2.38. The first-order valence-corrected chi connectivity index (χ1v) is 8.00. The van der Waals surface area contributed by atoms with Crippen LogP contribution in [0, 0.1) is 13.8 Å². The second-order valence-electron chi connectivity index (χ2n) is 5.60. The maximum atomic E-state index is 12.4. The molecule has 2 N–H and O–H groups in total. The molecule has 3 aromatic rings. The number of nitrogens with one attached hydrogen (secondary N) is 2. The highest BCUT2D eigenvalue weighted by Crippen LogP contribution is 2.21. The molecule has 1 amide bonds. The van der Waals surface area contributed by atoms with E-state index in [2.05, 4.69) is 38.7 Å². The van der Waals surface area contributed by atoms with E-state index in [0.717, 1.165) is 12.1 Å². The summed E-state index contributed by atoms with van der Waals surface area (Å²) in [5, 5.41) is 9.67. The van der Waals surface area contributed by atoms with Crippen LogP contribution in [0.4, 0.5) is 17.3 Å². The number of amides is 1. The summed E-state index contributed by atoms with van der Waals surface area (Å²) in [6, 6.07) is 11.2. The SMILES string of the molecule is CCc1ccccc1Nc1cc(C(=O)Nc2cc(C)on2)nc(C)n1. The lowest BCUT2D eigenvalue weighted by Crippen LogP contribution is -2.15. The van der Waals surface area contributed by atoms with Crippen LogP contribution in [0.2, 0.25) is 0 Å². The number of aromatic nitrogens is 3. The van der Waals surface area contributed by atoms with Gasteiger partial charge in [0.1, 0.15) is 23.1 Å².